The molecule has 0 saturated carbocycles. The third-order valence-electron chi connectivity index (χ3n) is 3.57. The Labute approximate surface area is 127 Å². The molecule has 1 amide bonds. The minimum Gasteiger partial charge on any atom is -0.492 e. The van der Waals surface area contributed by atoms with Gasteiger partial charge in [0.15, 0.2) is 0 Å². The molecule has 0 unspecified atom stereocenters. The molecule has 2 N–H and O–H groups in total. The standard InChI is InChI=1S/C15H19F3N2O2/c1-2-22-13-4-3-11(15(16,17)18)9-12(13)20-14(21)10-5-7-19-8-6-10/h3-4,9-10,19H,2,5-8H2,1H3,(H,20,21). The first-order valence-corrected chi connectivity index (χ1v) is 7.27. The van der Waals surface area contributed by atoms with Crippen molar-refractivity contribution in [1.29, 1.82) is 0 Å². The van der Waals surface area contributed by atoms with Crippen molar-refractivity contribution < 1.29 is 22.7 Å². The maximum atomic E-state index is 12.8. The molecule has 1 aliphatic heterocycles. The molecule has 0 spiro atoms. The number of anilines is 1. The molecule has 0 aliphatic carbocycles. The average Bonchev–Trinajstić information content (AvgIpc) is 2.49. The summed E-state index contributed by atoms with van der Waals surface area (Å²) in [6.07, 6.45) is -3.11. The number of halogens is 3. The summed E-state index contributed by atoms with van der Waals surface area (Å²) in [5.41, 5.74) is -0.739. The number of hydrogen-bond donors (Lipinski definition) is 2. The molecule has 122 valence electrons. The summed E-state index contributed by atoms with van der Waals surface area (Å²) >= 11 is 0. The number of carbonyl (C=O) groups is 1. The van der Waals surface area contributed by atoms with Crippen molar-refractivity contribution in [3.8, 4) is 5.75 Å². The van der Waals surface area contributed by atoms with Crippen molar-refractivity contribution in [1.82, 2.24) is 5.32 Å². The highest BCUT2D eigenvalue weighted by Gasteiger charge is 2.31. The smallest absolute Gasteiger partial charge is 0.416 e. The van der Waals surface area contributed by atoms with Crippen molar-refractivity contribution >= 4 is 11.6 Å². The Morgan fingerprint density at radius 1 is 1.36 bits per heavy atom. The van der Waals surface area contributed by atoms with E-state index >= 15 is 0 Å². The zero-order chi connectivity index (χ0) is 16.2. The highest BCUT2D eigenvalue weighted by Crippen LogP contribution is 2.35. The molecule has 0 aromatic heterocycles. The number of hydrogen-bond acceptors (Lipinski definition) is 3. The summed E-state index contributed by atoms with van der Waals surface area (Å²) in [6.45, 7) is 3.51. The monoisotopic (exact) mass is 316 g/mol. The first-order valence-electron chi connectivity index (χ1n) is 7.27. The summed E-state index contributed by atoms with van der Waals surface area (Å²) in [4.78, 5) is 12.2. The minimum atomic E-state index is -4.46. The van der Waals surface area contributed by atoms with E-state index in [0.29, 0.717) is 19.4 Å². The third-order valence-corrected chi connectivity index (χ3v) is 3.57. The molecule has 1 fully saturated rings. The van der Waals surface area contributed by atoms with Crippen LogP contribution < -0.4 is 15.4 Å². The number of benzene rings is 1. The molecule has 0 radical (unpaired) electrons. The highest BCUT2D eigenvalue weighted by molar-refractivity contribution is 5.94. The quantitative estimate of drug-likeness (QED) is 0.898. The van der Waals surface area contributed by atoms with Crippen LogP contribution in [0.15, 0.2) is 18.2 Å². The van der Waals surface area contributed by atoms with Crippen molar-refractivity contribution in [2.45, 2.75) is 25.9 Å². The third kappa shape index (κ3) is 4.13. The number of alkyl halides is 3. The van der Waals surface area contributed by atoms with Crippen LogP contribution in [0.5, 0.6) is 5.75 Å². The van der Waals surface area contributed by atoms with Gasteiger partial charge in [-0.25, -0.2) is 0 Å². The fraction of sp³-hybridized carbons (Fsp3) is 0.533. The second kappa shape index (κ2) is 7.00. The van der Waals surface area contributed by atoms with Gasteiger partial charge in [0.2, 0.25) is 5.91 Å². The fourth-order valence-electron chi connectivity index (χ4n) is 2.40. The summed E-state index contributed by atoms with van der Waals surface area (Å²) < 4.78 is 43.7. The Morgan fingerprint density at radius 3 is 2.64 bits per heavy atom. The van der Waals surface area contributed by atoms with E-state index in [1.54, 1.807) is 6.92 Å². The molecule has 0 atom stereocenters. The van der Waals surface area contributed by atoms with E-state index in [1.807, 2.05) is 0 Å². The van der Waals surface area contributed by atoms with Crippen molar-refractivity contribution in [3.63, 3.8) is 0 Å². The summed E-state index contributed by atoms with van der Waals surface area (Å²) in [5, 5.41) is 5.73. The predicted octanol–water partition coefficient (Wildman–Crippen LogP) is 3.04. The molecule has 1 aromatic carbocycles. The predicted molar refractivity (Wildman–Crippen MR) is 76.8 cm³/mol. The maximum absolute atomic E-state index is 12.8. The van der Waals surface area contributed by atoms with E-state index in [2.05, 4.69) is 10.6 Å². The fourth-order valence-corrected chi connectivity index (χ4v) is 2.40. The maximum Gasteiger partial charge on any atom is 0.416 e. The lowest BCUT2D eigenvalue weighted by molar-refractivity contribution is -0.137. The van der Waals surface area contributed by atoms with E-state index in [9.17, 15) is 18.0 Å². The molecule has 0 bridgehead atoms. The second-order valence-electron chi connectivity index (χ2n) is 5.16. The van der Waals surface area contributed by atoms with Gasteiger partial charge in [-0.15, -0.1) is 0 Å². The van der Waals surface area contributed by atoms with Crippen LogP contribution in [0.1, 0.15) is 25.3 Å². The molecule has 22 heavy (non-hydrogen) atoms. The largest absolute Gasteiger partial charge is 0.492 e. The first kappa shape index (κ1) is 16.6. The summed E-state index contributed by atoms with van der Waals surface area (Å²) in [5.74, 6) is -0.204. The second-order valence-corrected chi connectivity index (χ2v) is 5.16. The molecular formula is C15H19F3N2O2. The lowest BCUT2D eigenvalue weighted by atomic mass is 9.97. The van der Waals surface area contributed by atoms with Gasteiger partial charge in [-0.1, -0.05) is 0 Å². The van der Waals surface area contributed by atoms with E-state index < -0.39 is 11.7 Å². The molecule has 1 aliphatic rings. The van der Waals surface area contributed by atoms with Crippen molar-refractivity contribution in [2.24, 2.45) is 5.92 Å². The van der Waals surface area contributed by atoms with Gasteiger partial charge < -0.3 is 15.4 Å². The molecule has 1 aromatic rings. The van der Waals surface area contributed by atoms with Crippen molar-refractivity contribution in [3.05, 3.63) is 23.8 Å². The number of rotatable bonds is 4. The molecular weight excluding hydrogens is 297 g/mol. The number of ether oxygens (including phenoxy) is 1. The van der Waals surface area contributed by atoms with Gasteiger partial charge in [0.05, 0.1) is 17.9 Å². The van der Waals surface area contributed by atoms with Gasteiger partial charge >= 0.3 is 6.18 Å². The van der Waals surface area contributed by atoms with Crippen LogP contribution in [0.4, 0.5) is 18.9 Å². The van der Waals surface area contributed by atoms with E-state index in [0.717, 1.165) is 25.2 Å². The summed E-state index contributed by atoms with van der Waals surface area (Å²) in [7, 11) is 0. The Hall–Kier alpha value is -1.76. The Kier molecular flexibility index (Phi) is 5.28. The SMILES string of the molecule is CCOc1ccc(C(F)(F)F)cc1NC(=O)C1CCNCC1. The van der Waals surface area contributed by atoms with Crippen LogP contribution in [0, 0.1) is 5.92 Å². The van der Waals surface area contributed by atoms with E-state index in [1.165, 1.54) is 6.07 Å². The minimum absolute atomic E-state index is 0.0696. The van der Waals surface area contributed by atoms with Crippen LogP contribution >= 0.6 is 0 Å². The Balaban J connectivity index is 2.20. The van der Waals surface area contributed by atoms with Crippen LogP contribution in [-0.4, -0.2) is 25.6 Å². The average molecular weight is 316 g/mol. The van der Waals surface area contributed by atoms with Gasteiger partial charge in [-0.3, -0.25) is 4.79 Å². The lowest BCUT2D eigenvalue weighted by Gasteiger charge is -2.22. The Bertz CT molecular complexity index is 526. The molecule has 1 heterocycles. The number of amides is 1. The van der Waals surface area contributed by atoms with Gasteiger partial charge in [0, 0.05) is 5.92 Å². The van der Waals surface area contributed by atoms with Crippen LogP contribution in [-0.2, 0) is 11.0 Å². The number of nitrogens with one attached hydrogen (secondary N) is 2. The van der Waals surface area contributed by atoms with Crippen LogP contribution in [0.3, 0.4) is 0 Å². The first-order chi connectivity index (χ1) is 10.4. The van der Waals surface area contributed by atoms with Crippen molar-refractivity contribution in [2.75, 3.05) is 25.0 Å². The Morgan fingerprint density at radius 2 is 2.05 bits per heavy atom. The summed E-state index contributed by atoms with van der Waals surface area (Å²) in [6, 6.07) is 3.11. The van der Waals surface area contributed by atoms with E-state index in [4.69, 9.17) is 4.74 Å². The highest BCUT2D eigenvalue weighted by atomic mass is 19.4. The topological polar surface area (TPSA) is 50.4 Å². The molecule has 2 rings (SSSR count). The van der Waals surface area contributed by atoms with Gasteiger partial charge in [0.1, 0.15) is 5.75 Å². The molecule has 4 nitrogen and oxygen atoms in total. The normalized spacial score (nSPS) is 16.4. The zero-order valence-electron chi connectivity index (χ0n) is 12.3. The number of carbonyl (C=O) groups excluding carboxylic acids is 1. The van der Waals surface area contributed by atoms with Gasteiger partial charge in [-0.2, -0.15) is 13.2 Å². The molecule has 7 heteroatoms. The van der Waals surface area contributed by atoms with Crippen LogP contribution in [0.2, 0.25) is 0 Å². The van der Waals surface area contributed by atoms with Gasteiger partial charge in [-0.05, 0) is 51.1 Å². The molecule has 1 saturated heterocycles. The lowest BCUT2D eigenvalue weighted by Crippen LogP contribution is -2.34. The number of piperidine rings is 1. The van der Waals surface area contributed by atoms with Gasteiger partial charge in [0.25, 0.3) is 0 Å². The van der Waals surface area contributed by atoms with Crippen LogP contribution in [0.25, 0.3) is 0 Å². The van der Waals surface area contributed by atoms with E-state index in [-0.39, 0.29) is 23.3 Å². The zero-order valence-corrected chi connectivity index (χ0v) is 12.3.